The first-order chi connectivity index (χ1) is 8.51. The molecule has 1 aromatic rings. The van der Waals surface area contributed by atoms with Crippen LogP contribution in [0.2, 0.25) is 0 Å². The molecule has 94 valence electrons. The molecule has 4 heteroatoms. The van der Waals surface area contributed by atoms with Gasteiger partial charge in [0.2, 0.25) is 0 Å². The maximum Gasteiger partial charge on any atom is 0.0992 e. The van der Waals surface area contributed by atoms with Crippen molar-refractivity contribution in [2.24, 2.45) is 0 Å². The summed E-state index contributed by atoms with van der Waals surface area (Å²) in [5, 5.41) is 27.4. The summed E-state index contributed by atoms with van der Waals surface area (Å²) < 4.78 is 0. The SMILES string of the molecule is CC(CC#N)N(C)c1cc(C#N)ccc1[C@H](C)O. The Morgan fingerprint density at radius 3 is 2.50 bits per heavy atom. The third-order valence-electron chi connectivity index (χ3n) is 3.04. The summed E-state index contributed by atoms with van der Waals surface area (Å²) in [5.41, 5.74) is 2.11. The van der Waals surface area contributed by atoms with E-state index in [1.807, 2.05) is 18.9 Å². The summed E-state index contributed by atoms with van der Waals surface area (Å²) in [6.45, 7) is 3.63. The fourth-order valence-corrected chi connectivity index (χ4v) is 1.78. The first-order valence-electron chi connectivity index (χ1n) is 5.83. The fraction of sp³-hybridized carbons (Fsp3) is 0.429. The van der Waals surface area contributed by atoms with Gasteiger partial charge in [0.15, 0.2) is 0 Å². The highest BCUT2D eigenvalue weighted by molar-refractivity contribution is 5.58. The molecule has 0 radical (unpaired) electrons. The molecule has 0 bridgehead atoms. The molecule has 1 rings (SSSR count). The van der Waals surface area contributed by atoms with E-state index in [0.717, 1.165) is 11.3 Å². The third kappa shape index (κ3) is 3.00. The van der Waals surface area contributed by atoms with Gasteiger partial charge in [0.1, 0.15) is 0 Å². The molecule has 0 amide bonds. The van der Waals surface area contributed by atoms with Gasteiger partial charge in [-0.25, -0.2) is 0 Å². The van der Waals surface area contributed by atoms with Crippen molar-refractivity contribution >= 4 is 5.69 Å². The minimum absolute atomic E-state index is 0.0291. The molecule has 2 atom stereocenters. The lowest BCUT2D eigenvalue weighted by atomic mass is 10.0. The minimum atomic E-state index is -0.607. The Balaban J connectivity index is 3.20. The fourth-order valence-electron chi connectivity index (χ4n) is 1.78. The zero-order valence-corrected chi connectivity index (χ0v) is 10.9. The van der Waals surface area contributed by atoms with Gasteiger partial charge in [-0.15, -0.1) is 0 Å². The van der Waals surface area contributed by atoms with Crippen molar-refractivity contribution in [1.82, 2.24) is 0 Å². The lowest BCUT2D eigenvalue weighted by molar-refractivity contribution is 0.199. The van der Waals surface area contributed by atoms with Gasteiger partial charge in [0.25, 0.3) is 0 Å². The highest BCUT2D eigenvalue weighted by Crippen LogP contribution is 2.28. The zero-order chi connectivity index (χ0) is 13.7. The van der Waals surface area contributed by atoms with Crippen molar-refractivity contribution in [3.63, 3.8) is 0 Å². The number of rotatable bonds is 4. The van der Waals surface area contributed by atoms with Crippen LogP contribution in [0.3, 0.4) is 0 Å². The first-order valence-corrected chi connectivity index (χ1v) is 5.83. The Hall–Kier alpha value is -2.04. The van der Waals surface area contributed by atoms with Gasteiger partial charge in [-0.05, 0) is 26.0 Å². The van der Waals surface area contributed by atoms with E-state index in [1.165, 1.54) is 0 Å². The van der Waals surface area contributed by atoms with Crippen LogP contribution in [-0.4, -0.2) is 18.2 Å². The molecule has 0 aromatic heterocycles. The van der Waals surface area contributed by atoms with Gasteiger partial charge in [-0.3, -0.25) is 0 Å². The largest absolute Gasteiger partial charge is 0.389 e. The minimum Gasteiger partial charge on any atom is -0.389 e. The summed E-state index contributed by atoms with van der Waals surface area (Å²) >= 11 is 0. The van der Waals surface area contributed by atoms with Gasteiger partial charge in [0, 0.05) is 24.3 Å². The number of aliphatic hydroxyl groups excluding tert-OH is 1. The smallest absolute Gasteiger partial charge is 0.0992 e. The number of nitrogens with zero attached hydrogens (tertiary/aromatic N) is 3. The van der Waals surface area contributed by atoms with Crippen LogP contribution >= 0.6 is 0 Å². The van der Waals surface area contributed by atoms with Crippen molar-refractivity contribution in [2.75, 3.05) is 11.9 Å². The Morgan fingerprint density at radius 1 is 1.33 bits per heavy atom. The second-order valence-corrected chi connectivity index (χ2v) is 4.38. The van der Waals surface area contributed by atoms with E-state index in [-0.39, 0.29) is 6.04 Å². The lowest BCUT2D eigenvalue weighted by Crippen LogP contribution is -2.29. The number of aliphatic hydroxyl groups is 1. The van der Waals surface area contributed by atoms with Crippen molar-refractivity contribution in [3.05, 3.63) is 29.3 Å². The van der Waals surface area contributed by atoms with E-state index < -0.39 is 6.10 Å². The van der Waals surface area contributed by atoms with Crippen LogP contribution in [0.4, 0.5) is 5.69 Å². The van der Waals surface area contributed by atoms with E-state index in [1.54, 1.807) is 25.1 Å². The molecule has 0 saturated carbocycles. The summed E-state index contributed by atoms with van der Waals surface area (Å²) in [4.78, 5) is 1.92. The third-order valence-corrected chi connectivity index (χ3v) is 3.04. The predicted octanol–water partition coefficient (Wildman–Crippen LogP) is 2.35. The van der Waals surface area contributed by atoms with E-state index >= 15 is 0 Å². The highest BCUT2D eigenvalue weighted by Gasteiger charge is 2.16. The number of hydrogen-bond donors (Lipinski definition) is 1. The van der Waals surface area contributed by atoms with Gasteiger partial charge in [-0.2, -0.15) is 10.5 Å². The first kappa shape index (κ1) is 14.0. The molecule has 1 aromatic carbocycles. The molecule has 0 heterocycles. The summed E-state index contributed by atoms with van der Waals surface area (Å²) in [7, 11) is 1.87. The van der Waals surface area contributed by atoms with Crippen LogP contribution in [0.5, 0.6) is 0 Å². The van der Waals surface area contributed by atoms with Crippen LogP contribution < -0.4 is 4.90 Å². The van der Waals surface area contributed by atoms with Crippen molar-refractivity contribution < 1.29 is 5.11 Å². The standard InChI is InChI=1S/C14H17N3O/c1-10(6-7-15)17(3)14-8-12(9-16)4-5-13(14)11(2)18/h4-5,8,10-11,18H,6H2,1-3H3/t10?,11-/m0/s1. The average molecular weight is 243 g/mol. The Kier molecular flexibility index (Phi) is 4.71. The normalized spacial score (nSPS) is 13.2. The Bertz CT molecular complexity index is 497. The maximum absolute atomic E-state index is 9.75. The van der Waals surface area contributed by atoms with E-state index in [9.17, 15) is 5.11 Å². The molecule has 4 nitrogen and oxygen atoms in total. The van der Waals surface area contributed by atoms with Crippen LogP contribution in [0.1, 0.15) is 37.5 Å². The van der Waals surface area contributed by atoms with Crippen molar-refractivity contribution in [1.29, 1.82) is 10.5 Å². The van der Waals surface area contributed by atoms with Gasteiger partial charge >= 0.3 is 0 Å². The van der Waals surface area contributed by atoms with Crippen LogP contribution in [0.15, 0.2) is 18.2 Å². The van der Waals surface area contributed by atoms with Crippen molar-refractivity contribution in [3.8, 4) is 12.1 Å². The monoisotopic (exact) mass is 243 g/mol. The molecule has 0 fully saturated rings. The molecule has 0 aliphatic carbocycles. The number of hydrogen-bond acceptors (Lipinski definition) is 4. The van der Waals surface area contributed by atoms with Gasteiger partial charge < -0.3 is 10.0 Å². The molecule has 0 spiro atoms. The summed E-state index contributed by atoms with van der Waals surface area (Å²) in [6, 6.07) is 9.43. The molecule has 1 unspecified atom stereocenters. The topological polar surface area (TPSA) is 71.0 Å². The highest BCUT2D eigenvalue weighted by atomic mass is 16.3. The van der Waals surface area contributed by atoms with Gasteiger partial charge in [-0.1, -0.05) is 6.07 Å². The maximum atomic E-state index is 9.75. The average Bonchev–Trinajstić information content (AvgIpc) is 2.37. The second kappa shape index (κ2) is 6.05. The summed E-state index contributed by atoms with van der Waals surface area (Å²) in [5.74, 6) is 0. The molecule has 18 heavy (non-hydrogen) atoms. The number of nitriles is 2. The Labute approximate surface area is 108 Å². The van der Waals surface area contributed by atoms with E-state index in [0.29, 0.717) is 12.0 Å². The molecule has 1 N–H and O–H groups in total. The Morgan fingerprint density at radius 2 is 2.00 bits per heavy atom. The van der Waals surface area contributed by atoms with Crippen LogP contribution in [-0.2, 0) is 0 Å². The second-order valence-electron chi connectivity index (χ2n) is 4.38. The van der Waals surface area contributed by atoms with Crippen LogP contribution in [0, 0.1) is 22.7 Å². The van der Waals surface area contributed by atoms with Crippen molar-refractivity contribution in [2.45, 2.75) is 32.4 Å². The predicted molar refractivity (Wildman–Crippen MR) is 69.9 cm³/mol. The lowest BCUT2D eigenvalue weighted by Gasteiger charge is -2.28. The quantitative estimate of drug-likeness (QED) is 0.881. The number of anilines is 1. The zero-order valence-electron chi connectivity index (χ0n) is 10.9. The molecule has 0 aliphatic heterocycles. The van der Waals surface area contributed by atoms with E-state index in [2.05, 4.69) is 12.1 Å². The van der Waals surface area contributed by atoms with Gasteiger partial charge in [0.05, 0.1) is 30.2 Å². The molecular weight excluding hydrogens is 226 g/mol. The van der Waals surface area contributed by atoms with E-state index in [4.69, 9.17) is 10.5 Å². The summed E-state index contributed by atoms with van der Waals surface area (Å²) in [6.07, 6.45) is -0.212. The molecule has 0 saturated heterocycles. The van der Waals surface area contributed by atoms with Crippen LogP contribution in [0.25, 0.3) is 0 Å². The molecule has 0 aliphatic rings. The number of benzene rings is 1. The molecular formula is C14H17N3O.